The van der Waals surface area contributed by atoms with Crippen molar-refractivity contribution in [2.45, 2.75) is 18.9 Å². The summed E-state index contributed by atoms with van der Waals surface area (Å²) in [5.41, 5.74) is 3.09. The van der Waals surface area contributed by atoms with E-state index in [2.05, 4.69) is 21.0 Å². The van der Waals surface area contributed by atoms with Gasteiger partial charge in [-0.2, -0.15) is 0 Å². The molecule has 0 aromatic carbocycles. The highest BCUT2D eigenvalue weighted by molar-refractivity contribution is 6.44. The molecule has 1 fully saturated rings. The highest BCUT2D eigenvalue weighted by Crippen LogP contribution is 2.27. The molecule has 4 rings (SSSR count). The number of ether oxygens (including phenoxy) is 2. The van der Waals surface area contributed by atoms with Crippen molar-refractivity contribution in [3.8, 4) is 5.88 Å². The van der Waals surface area contributed by atoms with E-state index in [0.717, 1.165) is 31.6 Å². The SMILES string of the molecule is O=C1CN=CC(N2CC[C@@H](Oc3cc(C4=CCOCC4)ccn3)C2)=C1Cl. The number of ketones is 1. The van der Waals surface area contributed by atoms with Gasteiger partial charge in [0.05, 0.1) is 25.5 Å². The van der Waals surface area contributed by atoms with Crippen LogP contribution in [0.5, 0.6) is 5.88 Å². The van der Waals surface area contributed by atoms with Crippen LogP contribution < -0.4 is 4.74 Å². The van der Waals surface area contributed by atoms with Crippen LogP contribution in [-0.4, -0.2) is 60.8 Å². The molecule has 0 saturated carbocycles. The van der Waals surface area contributed by atoms with Crippen molar-refractivity contribution >= 4 is 29.2 Å². The smallest absolute Gasteiger partial charge is 0.214 e. The first-order valence-corrected chi connectivity index (χ1v) is 9.16. The predicted molar refractivity (Wildman–Crippen MR) is 99.5 cm³/mol. The van der Waals surface area contributed by atoms with Gasteiger partial charge in [-0.05, 0) is 23.6 Å². The highest BCUT2D eigenvalue weighted by atomic mass is 35.5. The highest BCUT2D eigenvalue weighted by Gasteiger charge is 2.29. The van der Waals surface area contributed by atoms with E-state index >= 15 is 0 Å². The van der Waals surface area contributed by atoms with Crippen LogP contribution >= 0.6 is 11.6 Å². The van der Waals surface area contributed by atoms with Gasteiger partial charge in [-0.15, -0.1) is 0 Å². The van der Waals surface area contributed by atoms with E-state index in [-0.39, 0.29) is 23.5 Å². The maximum absolute atomic E-state index is 11.7. The molecule has 0 radical (unpaired) electrons. The van der Waals surface area contributed by atoms with Crippen molar-refractivity contribution in [2.75, 3.05) is 32.8 Å². The molecule has 0 amide bonds. The summed E-state index contributed by atoms with van der Waals surface area (Å²) >= 11 is 6.16. The van der Waals surface area contributed by atoms with Crippen LogP contribution in [0.15, 0.2) is 40.1 Å². The van der Waals surface area contributed by atoms with Gasteiger partial charge in [0.25, 0.3) is 0 Å². The second-order valence-corrected chi connectivity index (χ2v) is 6.88. The van der Waals surface area contributed by atoms with Gasteiger partial charge in [0.1, 0.15) is 17.7 Å². The maximum Gasteiger partial charge on any atom is 0.214 e. The summed E-state index contributed by atoms with van der Waals surface area (Å²) in [5, 5.41) is 0.271. The van der Waals surface area contributed by atoms with Crippen molar-refractivity contribution in [2.24, 2.45) is 4.99 Å². The summed E-state index contributed by atoms with van der Waals surface area (Å²) in [7, 11) is 0. The maximum atomic E-state index is 11.7. The average molecular weight is 374 g/mol. The molecule has 0 spiro atoms. The van der Waals surface area contributed by atoms with Crippen molar-refractivity contribution in [1.29, 1.82) is 0 Å². The molecule has 7 heteroatoms. The van der Waals surface area contributed by atoms with Crippen LogP contribution in [0.2, 0.25) is 0 Å². The quantitative estimate of drug-likeness (QED) is 0.811. The van der Waals surface area contributed by atoms with Gasteiger partial charge in [0.2, 0.25) is 5.88 Å². The van der Waals surface area contributed by atoms with Crippen LogP contribution in [0.1, 0.15) is 18.4 Å². The molecule has 1 aromatic rings. The number of hydrogen-bond acceptors (Lipinski definition) is 6. The van der Waals surface area contributed by atoms with Crippen LogP contribution in [0.25, 0.3) is 5.57 Å². The molecular formula is C19H20ClN3O3. The van der Waals surface area contributed by atoms with Gasteiger partial charge < -0.3 is 14.4 Å². The van der Waals surface area contributed by atoms with Gasteiger partial charge in [0, 0.05) is 31.4 Å². The predicted octanol–water partition coefficient (Wildman–Crippen LogP) is 2.44. The standard InChI is InChI=1S/C19H20ClN3O3/c20-19-16(10-21-11-17(19)24)23-6-2-15(12-23)26-18-9-14(1-5-22-18)13-3-7-25-8-4-13/h1,3,5,9-10,15H,2,4,6-8,11-12H2/t15-/m1/s1. The number of halogens is 1. The zero-order valence-electron chi connectivity index (χ0n) is 14.4. The molecule has 6 nitrogen and oxygen atoms in total. The number of allylic oxidation sites excluding steroid dienone is 1. The Kier molecular flexibility index (Phi) is 5.04. The van der Waals surface area contributed by atoms with E-state index in [1.807, 2.05) is 12.1 Å². The summed E-state index contributed by atoms with van der Waals surface area (Å²) in [6, 6.07) is 3.98. The summed E-state index contributed by atoms with van der Waals surface area (Å²) < 4.78 is 11.4. The lowest BCUT2D eigenvalue weighted by Crippen LogP contribution is -2.28. The molecule has 1 aromatic heterocycles. The number of Topliss-reactive ketones (excluding diaryl/α,β-unsaturated/α-hetero) is 1. The number of aromatic nitrogens is 1. The third-order valence-electron chi connectivity index (χ3n) is 4.76. The van der Waals surface area contributed by atoms with Crippen LogP contribution in [-0.2, 0) is 9.53 Å². The van der Waals surface area contributed by atoms with E-state index in [0.29, 0.717) is 24.7 Å². The van der Waals surface area contributed by atoms with E-state index in [1.165, 1.54) is 5.57 Å². The number of carbonyl (C=O) groups is 1. The normalized spacial score (nSPS) is 23.4. The van der Waals surface area contributed by atoms with Crippen LogP contribution in [0, 0.1) is 0 Å². The summed E-state index contributed by atoms with van der Waals surface area (Å²) in [6.45, 7) is 2.97. The van der Waals surface area contributed by atoms with Crippen molar-refractivity contribution in [3.05, 3.63) is 40.7 Å². The lowest BCUT2D eigenvalue weighted by molar-refractivity contribution is -0.113. The zero-order chi connectivity index (χ0) is 17.9. The second-order valence-electron chi connectivity index (χ2n) is 6.50. The monoisotopic (exact) mass is 373 g/mol. The van der Waals surface area contributed by atoms with Crippen molar-refractivity contribution in [1.82, 2.24) is 9.88 Å². The Hall–Kier alpha value is -2.18. The second kappa shape index (κ2) is 7.60. The number of rotatable bonds is 4. The molecule has 0 bridgehead atoms. The largest absolute Gasteiger partial charge is 0.472 e. The molecule has 1 atom stereocenters. The number of aliphatic imine (C=N–C) groups is 1. The fraction of sp³-hybridized carbons (Fsp3) is 0.421. The molecule has 1 saturated heterocycles. The number of dihydropyridines is 1. The minimum atomic E-state index is -0.132. The molecule has 3 aliphatic rings. The molecular weight excluding hydrogens is 354 g/mol. The molecule has 3 aliphatic heterocycles. The Balaban J connectivity index is 1.43. The number of carbonyl (C=O) groups excluding carboxylic acids is 1. The molecule has 4 heterocycles. The van der Waals surface area contributed by atoms with Gasteiger partial charge >= 0.3 is 0 Å². The minimum absolute atomic E-state index is 0.00353. The third kappa shape index (κ3) is 3.66. The Labute approximate surface area is 157 Å². The zero-order valence-corrected chi connectivity index (χ0v) is 15.1. The topological polar surface area (TPSA) is 64.0 Å². The Bertz CT molecular complexity index is 803. The lowest BCUT2D eigenvalue weighted by atomic mass is 10.0. The van der Waals surface area contributed by atoms with E-state index in [1.54, 1.807) is 12.4 Å². The van der Waals surface area contributed by atoms with Gasteiger partial charge in [-0.3, -0.25) is 9.79 Å². The summed E-state index contributed by atoms with van der Waals surface area (Å²) in [6.07, 6.45) is 7.32. The number of likely N-dealkylation sites (tertiary alicyclic amines) is 1. The fourth-order valence-electron chi connectivity index (χ4n) is 3.38. The first kappa shape index (κ1) is 17.2. The van der Waals surface area contributed by atoms with Crippen molar-refractivity contribution in [3.63, 3.8) is 0 Å². The fourth-order valence-corrected chi connectivity index (χ4v) is 3.61. The van der Waals surface area contributed by atoms with Gasteiger partial charge in [-0.1, -0.05) is 17.7 Å². The summed E-state index contributed by atoms with van der Waals surface area (Å²) in [5.74, 6) is 0.489. The van der Waals surface area contributed by atoms with Gasteiger partial charge in [0.15, 0.2) is 5.78 Å². The number of hydrogen-bond donors (Lipinski definition) is 0. The van der Waals surface area contributed by atoms with Crippen molar-refractivity contribution < 1.29 is 14.3 Å². The van der Waals surface area contributed by atoms with E-state index in [4.69, 9.17) is 21.1 Å². The van der Waals surface area contributed by atoms with Crippen LogP contribution in [0.3, 0.4) is 0 Å². The summed E-state index contributed by atoms with van der Waals surface area (Å²) in [4.78, 5) is 22.2. The average Bonchev–Trinajstić information content (AvgIpc) is 3.13. The molecule has 0 unspecified atom stereocenters. The molecule has 0 N–H and O–H groups in total. The molecule has 136 valence electrons. The third-order valence-corrected chi connectivity index (χ3v) is 5.16. The Morgan fingerprint density at radius 2 is 2.31 bits per heavy atom. The molecule has 26 heavy (non-hydrogen) atoms. The lowest BCUT2D eigenvalue weighted by Gasteiger charge is -2.22. The number of nitrogens with zero attached hydrogens (tertiary/aromatic N) is 3. The van der Waals surface area contributed by atoms with E-state index in [9.17, 15) is 4.79 Å². The van der Waals surface area contributed by atoms with E-state index < -0.39 is 0 Å². The van der Waals surface area contributed by atoms with Crippen LogP contribution in [0.4, 0.5) is 0 Å². The first-order chi connectivity index (χ1) is 12.7. The first-order valence-electron chi connectivity index (χ1n) is 8.78. The Morgan fingerprint density at radius 1 is 1.38 bits per heavy atom. The molecule has 0 aliphatic carbocycles. The Morgan fingerprint density at radius 3 is 3.15 bits per heavy atom. The minimum Gasteiger partial charge on any atom is -0.472 e. The number of pyridine rings is 1. The van der Waals surface area contributed by atoms with Gasteiger partial charge in [-0.25, -0.2) is 4.98 Å².